The van der Waals surface area contributed by atoms with Crippen LogP contribution in [-0.4, -0.2) is 11.7 Å². The first-order valence-electron chi connectivity index (χ1n) is 4.08. The Balaban J connectivity index is 3.07. The van der Waals surface area contributed by atoms with Gasteiger partial charge in [0.15, 0.2) is 11.6 Å². The van der Waals surface area contributed by atoms with Crippen LogP contribution in [0, 0.1) is 11.6 Å². The molecule has 1 atom stereocenters. The van der Waals surface area contributed by atoms with Crippen LogP contribution in [0.2, 0.25) is 0 Å². The standard InChI is InChI=1S/C9H10F3NO/c10-5-3-6(7(11)1-2-13)9(14)8(12)4-5/h3-4,7,14H,1-2,13H2. The lowest BCUT2D eigenvalue weighted by atomic mass is 10.1. The minimum Gasteiger partial charge on any atom is -0.505 e. The van der Waals surface area contributed by atoms with E-state index >= 15 is 0 Å². The summed E-state index contributed by atoms with van der Waals surface area (Å²) in [6.45, 7) is 0.0404. The number of rotatable bonds is 3. The maximum absolute atomic E-state index is 13.2. The van der Waals surface area contributed by atoms with Gasteiger partial charge in [-0.15, -0.1) is 0 Å². The molecule has 0 aromatic heterocycles. The van der Waals surface area contributed by atoms with Crippen LogP contribution < -0.4 is 5.73 Å². The Labute approximate surface area is 79.2 Å². The first kappa shape index (κ1) is 10.8. The van der Waals surface area contributed by atoms with Gasteiger partial charge in [-0.25, -0.2) is 13.2 Å². The molecule has 0 saturated heterocycles. The van der Waals surface area contributed by atoms with Gasteiger partial charge in [-0.05, 0) is 19.0 Å². The van der Waals surface area contributed by atoms with E-state index in [2.05, 4.69) is 0 Å². The van der Waals surface area contributed by atoms with E-state index < -0.39 is 29.1 Å². The van der Waals surface area contributed by atoms with Crippen LogP contribution in [0.25, 0.3) is 0 Å². The van der Waals surface area contributed by atoms with Crippen molar-refractivity contribution in [1.29, 1.82) is 0 Å². The molecule has 2 nitrogen and oxygen atoms in total. The monoisotopic (exact) mass is 205 g/mol. The van der Waals surface area contributed by atoms with Crippen molar-refractivity contribution in [2.75, 3.05) is 6.54 Å². The summed E-state index contributed by atoms with van der Waals surface area (Å²) in [6.07, 6.45) is -1.73. The largest absolute Gasteiger partial charge is 0.505 e. The van der Waals surface area contributed by atoms with Gasteiger partial charge in [0.25, 0.3) is 0 Å². The molecular formula is C9H10F3NO. The van der Waals surface area contributed by atoms with Gasteiger partial charge in [-0.3, -0.25) is 0 Å². The normalized spacial score (nSPS) is 12.9. The van der Waals surface area contributed by atoms with Crippen LogP contribution in [0.4, 0.5) is 13.2 Å². The summed E-state index contributed by atoms with van der Waals surface area (Å²) in [5.74, 6) is -2.94. The number of nitrogens with two attached hydrogens (primary N) is 1. The Morgan fingerprint density at radius 1 is 1.36 bits per heavy atom. The molecule has 0 bridgehead atoms. The smallest absolute Gasteiger partial charge is 0.168 e. The molecule has 1 aromatic carbocycles. The SMILES string of the molecule is NCCC(F)c1cc(F)cc(F)c1O. The van der Waals surface area contributed by atoms with Gasteiger partial charge in [0.2, 0.25) is 0 Å². The minimum absolute atomic E-state index is 0.0404. The Kier molecular flexibility index (Phi) is 3.35. The van der Waals surface area contributed by atoms with Crippen LogP contribution >= 0.6 is 0 Å². The molecular weight excluding hydrogens is 195 g/mol. The first-order valence-corrected chi connectivity index (χ1v) is 4.08. The number of alkyl halides is 1. The molecule has 3 N–H and O–H groups in total. The zero-order valence-corrected chi connectivity index (χ0v) is 7.30. The molecule has 78 valence electrons. The second-order valence-corrected chi connectivity index (χ2v) is 2.87. The van der Waals surface area contributed by atoms with Gasteiger partial charge in [-0.2, -0.15) is 0 Å². The number of hydrogen-bond donors (Lipinski definition) is 2. The van der Waals surface area contributed by atoms with Gasteiger partial charge < -0.3 is 10.8 Å². The average Bonchev–Trinajstić information content (AvgIpc) is 2.11. The van der Waals surface area contributed by atoms with E-state index in [0.717, 1.165) is 6.07 Å². The summed E-state index contributed by atoms with van der Waals surface area (Å²) < 4.78 is 38.6. The van der Waals surface area contributed by atoms with Crippen LogP contribution in [-0.2, 0) is 0 Å². The fourth-order valence-corrected chi connectivity index (χ4v) is 1.13. The van der Waals surface area contributed by atoms with Crippen molar-refractivity contribution in [3.05, 3.63) is 29.3 Å². The van der Waals surface area contributed by atoms with E-state index in [-0.39, 0.29) is 13.0 Å². The molecule has 0 heterocycles. The third kappa shape index (κ3) is 2.17. The highest BCUT2D eigenvalue weighted by Crippen LogP contribution is 2.31. The quantitative estimate of drug-likeness (QED) is 0.793. The maximum atomic E-state index is 13.2. The van der Waals surface area contributed by atoms with Gasteiger partial charge in [0, 0.05) is 11.6 Å². The fraction of sp³-hybridized carbons (Fsp3) is 0.333. The van der Waals surface area contributed by atoms with Crippen molar-refractivity contribution in [3.8, 4) is 5.75 Å². The highest BCUT2D eigenvalue weighted by Gasteiger charge is 2.18. The molecule has 0 aliphatic carbocycles. The number of phenolic OH excluding ortho intramolecular Hbond substituents is 1. The highest BCUT2D eigenvalue weighted by atomic mass is 19.1. The molecule has 5 heteroatoms. The summed E-state index contributed by atoms with van der Waals surface area (Å²) in [4.78, 5) is 0. The highest BCUT2D eigenvalue weighted by molar-refractivity contribution is 5.35. The van der Waals surface area contributed by atoms with E-state index in [4.69, 9.17) is 10.8 Å². The third-order valence-corrected chi connectivity index (χ3v) is 1.82. The van der Waals surface area contributed by atoms with Crippen molar-refractivity contribution in [3.63, 3.8) is 0 Å². The minimum atomic E-state index is -1.65. The van der Waals surface area contributed by atoms with Crippen LogP contribution in [0.1, 0.15) is 18.2 Å². The van der Waals surface area contributed by atoms with Crippen molar-refractivity contribution in [1.82, 2.24) is 0 Å². The fourth-order valence-electron chi connectivity index (χ4n) is 1.13. The molecule has 0 amide bonds. The lowest BCUT2D eigenvalue weighted by Gasteiger charge is -2.09. The Bertz CT molecular complexity index is 330. The van der Waals surface area contributed by atoms with Crippen molar-refractivity contribution in [2.45, 2.75) is 12.6 Å². The second-order valence-electron chi connectivity index (χ2n) is 2.87. The molecule has 1 rings (SSSR count). The third-order valence-electron chi connectivity index (χ3n) is 1.82. The molecule has 0 spiro atoms. The topological polar surface area (TPSA) is 46.2 Å². The summed E-state index contributed by atoms with van der Waals surface area (Å²) >= 11 is 0. The van der Waals surface area contributed by atoms with Crippen LogP contribution in [0.5, 0.6) is 5.75 Å². The zero-order chi connectivity index (χ0) is 10.7. The van der Waals surface area contributed by atoms with Crippen LogP contribution in [0.15, 0.2) is 12.1 Å². The molecule has 0 saturated carbocycles. The van der Waals surface area contributed by atoms with E-state index in [1.807, 2.05) is 0 Å². The lowest BCUT2D eigenvalue weighted by molar-refractivity contribution is 0.309. The van der Waals surface area contributed by atoms with Gasteiger partial charge >= 0.3 is 0 Å². The Hall–Kier alpha value is -1.23. The summed E-state index contributed by atoms with van der Waals surface area (Å²) in [5, 5.41) is 9.10. The summed E-state index contributed by atoms with van der Waals surface area (Å²) in [7, 11) is 0. The average molecular weight is 205 g/mol. The number of hydrogen-bond acceptors (Lipinski definition) is 2. The van der Waals surface area contributed by atoms with E-state index in [9.17, 15) is 13.2 Å². The first-order chi connectivity index (χ1) is 6.56. The van der Waals surface area contributed by atoms with Gasteiger partial charge in [0.05, 0.1) is 0 Å². The molecule has 14 heavy (non-hydrogen) atoms. The lowest BCUT2D eigenvalue weighted by Crippen LogP contribution is -2.04. The van der Waals surface area contributed by atoms with Crippen molar-refractivity contribution < 1.29 is 18.3 Å². The molecule has 0 radical (unpaired) electrons. The predicted molar refractivity (Wildman–Crippen MR) is 45.5 cm³/mol. The van der Waals surface area contributed by atoms with E-state index in [0.29, 0.717) is 6.07 Å². The Morgan fingerprint density at radius 2 is 2.00 bits per heavy atom. The van der Waals surface area contributed by atoms with E-state index in [1.54, 1.807) is 0 Å². The molecule has 0 aliphatic heterocycles. The molecule has 1 aromatic rings. The maximum Gasteiger partial charge on any atom is 0.168 e. The van der Waals surface area contributed by atoms with Gasteiger partial charge in [0.1, 0.15) is 12.0 Å². The number of benzene rings is 1. The van der Waals surface area contributed by atoms with Crippen molar-refractivity contribution in [2.24, 2.45) is 5.73 Å². The number of aromatic hydroxyl groups is 1. The number of phenols is 1. The zero-order valence-electron chi connectivity index (χ0n) is 7.30. The van der Waals surface area contributed by atoms with E-state index in [1.165, 1.54) is 0 Å². The molecule has 0 fully saturated rings. The van der Waals surface area contributed by atoms with Gasteiger partial charge in [-0.1, -0.05) is 0 Å². The molecule has 0 aliphatic rings. The molecule has 1 unspecified atom stereocenters. The van der Waals surface area contributed by atoms with Crippen molar-refractivity contribution >= 4 is 0 Å². The number of halogens is 3. The Morgan fingerprint density at radius 3 is 2.57 bits per heavy atom. The summed E-state index contributed by atoms with van der Waals surface area (Å²) in [5.41, 5.74) is 4.69. The van der Waals surface area contributed by atoms with Crippen LogP contribution in [0.3, 0.4) is 0 Å². The second kappa shape index (κ2) is 4.32. The summed E-state index contributed by atoms with van der Waals surface area (Å²) in [6, 6.07) is 1.26. The predicted octanol–water partition coefficient (Wildman–Crippen LogP) is 2.03.